The molecule has 0 aromatic heterocycles. The van der Waals surface area contributed by atoms with E-state index in [1.807, 2.05) is 0 Å². The molecule has 2 unspecified atom stereocenters. The summed E-state index contributed by atoms with van der Waals surface area (Å²) < 4.78 is 0. The molecular weight excluding hydrogens is 160 g/mol. The molecular formula is C12H22O. The summed E-state index contributed by atoms with van der Waals surface area (Å²) in [5.41, 5.74) is 0. The minimum atomic E-state index is 0.376. The van der Waals surface area contributed by atoms with Gasteiger partial charge in [0.05, 0.1) is 0 Å². The lowest BCUT2D eigenvalue weighted by Crippen LogP contribution is -2.19. The second-order valence-corrected chi connectivity index (χ2v) is 4.11. The van der Waals surface area contributed by atoms with Crippen LogP contribution in [0, 0.1) is 11.8 Å². The molecule has 0 amide bonds. The topological polar surface area (TPSA) is 20.2 Å². The van der Waals surface area contributed by atoms with Gasteiger partial charge < -0.3 is 5.11 Å². The van der Waals surface area contributed by atoms with Crippen LogP contribution < -0.4 is 0 Å². The number of unbranched alkanes of at least 4 members (excludes halogenated alkanes) is 2. The third kappa shape index (κ3) is 3.51. The van der Waals surface area contributed by atoms with Gasteiger partial charge in [0.1, 0.15) is 0 Å². The molecule has 0 aliphatic heterocycles. The first-order chi connectivity index (χ1) is 6.38. The van der Waals surface area contributed by atoms with Gasteiger partial charge >= 0.3 is 0 Å². The van der Waals surface area contributed by atoms with Crippen molar-refractivity contribution >= 4 is 0 Å². The molecule has 0 radical (unpaired) electrons. The van der Waals surface area contributed by atoms with E-state index in [0.717, 1.165) is 6.42 Å². The summed E-state index contributed by atoms with van der Waals surface area (Å²) in [4.78, 5) is 0. The predicted molar refractivity (Wildman–Crippen MR) is 56.6 cm³/mol. The zero-order valence-electron chi connectivity index (χ0n) is 8.71. The molecule has 1 nitrogen and oxygen atoms in total. The van der Waals surface area contributed by atoms with Gasteiger partial charge in [0.2, 0.25) is 0 Å². The molecule has 0 fully saturated rings. The van der Waals surface area contributed by atoms with Crippen molar-refractivity contribution < 1.29 is 5.11 Å². The highest BCUT2D eigenvalue weighted by atomic mass is 16.3. The van der Waals surface area contributed by atoms with Crippen molar-refractivity contribution in [1.82, 2.24) is 0 Å². The second-order valence-electron chi connectivity index (χ2n) is 4.11. The molecule has 1 N–H and O–H groups in total. The van der Waals surface area contributed by atoms with Crippen molar-refractivity contribution in [2.24, 2.45) is 11.8 Å². The zero-order chi connectivity index (χ0) is 9.52. The molecule has 76 valence electrons. The summed E-state index contributed by atoms with van der Waals surface area (Å²) in [6.45, 7) is 2.61. The SMILES string of the molecule is CCCCCC1C=CCCC1CO. The molecule has 0 bridgehead atoms. The van der Waals surface area contributed by atoms with Crippen molar-refractivity contribution in [1.29, 1.82) is 0 Å². The summed E-state index contributed by atoms with van der Waals surface area (Å²) in [7, 11) is 0. The number of aliphatic hydroxyl groups excluding tert-OH is 1. The van der Waals surface area contributed by atoms with Crippen molar-refractivity contribution in [3.8, 4) is 0 Å². The molecule has 0 saturated heterocycles. The van der Waals surface area contributed by atoms with Crippen LogP contribution in [-0.4, -0.2) is 11.7 Å². The van der Waals surface area contributed by atoms with Gasteiger partial charge in [-0.2, -0.15) is 0 Å². The van der Waals surface area contributed by atoms with E-state index < -0.39 is 0 Å². The summed E-state index contributed by atoms with van der Waals surface area (Å²) in [5.74, 6) is 1.20. The zero-order valence-corrected chi connectivity index (χ0v) is 8.71. The predicted octanol–water partition coefficient (Wildman–Crippen LogP) is 3.14. The van der Waals surface area contributed by atoms with Gasteiger partial charge in [-0.05, 0) is 31.1 Å². The van der Waals surface area contributed by atoms with Crippen LogP contribution in [0.15, 0.2) is 12.2 Å². The lowest BCUT2D eigenvalue weighted by Gasteiger charge is -2.25. The van der Waals surface area contributed by atoms with Crippen LogP contribution >= 0.6 is 0 Å². The van der Waals surface area contributed by atoms with Gasteiger partial charge in [-0.25, -0.2) is 0 Å². The van der Waals surface area contributed by atoms with Gasteiger partial charge in [0, 0.05) is 6.61 Å². The van der Waals surface area contributed by atoms with Gasteiger partial charge in [0.15, 0.2) is 0 Å². The molecule has 1 aliphatic carbocycles. The number of allylic oxidation sites excluding steroid dienone is 2. The van der Waals surface area contributed by atoms with E-state index in [4.69, 9.17) is 0 Å². The molecule has 0 spiro atoms. The number of aliphatic hydroxyl groups is 1. The summed E-state index contributed by atoms with van der Waals surface area (Å²) in [6, 6.07) is 0. The third-order valence-electron chi connectivity index (χ3n) is 3.07. The molecule has 1 rings (SSSR count). The van der Waals surface area contributed by atoms with E-state index in [0.29, 0.717) is 18.4 Å². The molecule has 0 aromatic carbocycles. The average molecular weight is 182 g/mol. The fraction of sp³-hybridized carbons (Fsp3) is 0.833. The third-order valence-corrected chi connectivity index (χ3v) is 3.07. The van der Waals surface area contributed by atoms with Crippen LogP contribution in [-0.2, 0) is 0 Å². The van der Waals surface area contributed by atoms with Crippen LogP contribution in [0.3, 0.4) is 0 Å². The van der Waals surface area contributed by atoms with Crippen LogP contribution in [0.25, 0.3) is 0 Å². The normalized spacial score (nSPS) is 27.8. The van der Waals surface area contributed by atoms with Gasteiger partial charge in [0.25, 0.3) is 0 Å². The Balaban J connectivity index is 2.27. The highest BCUT2D eigenvalue weighted by molar-refractivity contribution is 4.96. The maximum Gasteiger partial charge on any atom is 0.0465 e. The molecule has 1 aliphatic rings. The summed E-state index contributed by atoms with van der Waals surface area (Å²) in [5, 5.41) is 9.18. The number of hydrogen-bond donors (Lipinski definition) is 1. The summed E-state index contributed by atoms with van der Waals surface area (Å²) in [6.07, 6.45) is 12.2. The van der Waals surface area contributed by atoms with E-state index >= 15 is 0 Å². The van der Waals surface area contributed by atoms with Crippen molar-refractivity contribution in [2.75, 3.05) is 6.61 Å². The number of hydrogen-bond acceptors (Lipinski definition) is 1. The van der Waals surface area contributed by atoms with Gasteiger partial charge in [-0.3, -0.25) is 0 Å². The highest BCUT2D eigenvalue weighted by Crippen LogP contribution is 2.28. The van der Waals surface area contributed by atoms with Crippen LogP contribution in [0.5, 0.6) is 0 Å². The van der Waals surface area contributed by atoms with Crippen molar-refractivity contribution in [3.05, 3.63) is 12.2 Å². The average Bonchev–Trinajstić information content (AvgIpc) is 2.19. The first-order valence-corrected chi connectivity index (χ1v) is 5.66. The fourth-order valence-electron chi connectivity index (χ4n) is 2.14. The Morgan fingerprint density at radius 1 is 1.38 bits per heavy atom. The Bertz CT molecular complexity index is 151. The van der Waals surface area contributed by atoms with E-state index in [1.54, 1.807) is 0 Å². The van der Waals surface area contributed by atoms with E-state index in [1.165, 1.54) is 32.1 Å². The van der Waals surface area contributed by atoms with E-state index in [2.05, 4.69) is 19.1 Å². The Kier molecular flexibility index (Phi) is 5.14. The Morgan fingerprint density at radius 3 is 2.92 bits per heavy atom. The standard InChI is InChI=1S/C12H22O/c1-2-3-4-7-11-8-5-6-9-12(11)10-13/h5,8,11-13H,2-4,6-7,9-10H2,1H3. The second kappa shape index (κ2) is 6.20. The van der Waals surface area contributed by atoms with Gasteiger partial charge in [-0.1, -0.05) is 38.3 Å². The van der Waals surface area contributed by atoms with Crippen molar-refractivity contribution in [3.63, 3.8) is 0 Å². The first-order valence-electron chi connectivity index (χ1n) is 5.66. The van der Waals surface area contributed by atoms with Crippen LogP contribution in [0.1, 0.15) is 45.4 Å². The van der Waals surface area contributed by atoms with Crippen LogP contribution in [0.2, 0.25) is 0 Å². The van der Waals surface area contributed by atoms with Crippen LogP contribution in [0.4, 0.5) is 0 Å². The first kappa shape index (κ1) is 10.8. The molecule has 0 aromatic rings. The molecule has 1 heteroatoms. The quantitative estimate of drug-likeness (QED) is 0.511. The van der Waals surface area contributed by atoms with Gasteiger partial charge in [-0.15, -0.1) is 0 Å². The lowest BCUT2D eigenvalue weighted by atomic mass is 9.81. The Morgan fingerprint density at radius 2 is 2.23 bits per heavy atom. The Hall–Kier alpha value is -0.300. The summed E-state index contributed by atoms with van der Waals surface area (Å²) >= 11 is 0. The minimum Gasteiger partial charge on any atom is -0.396 e. The maximum absolute atomic E-state index is 9.18. The smallest absolute Gasteiger partial charge is 0.0465 e. The van der Waals surface area contributed by atoms with E-state index in [9.17, 15) is 5.11 Å². The number of rotatable bonds is 5. The fourth-order valence-corrected chi connectivity index (χ4v) is 2.14. The minimum absolute atomic E-state index is 0.376. The monoisotopic (exact) mass is 182 g/mol. The molecule has 2 atom stereocenters. The lowest BCUT2D eigenvalue weighted by molar-refractivity contribution is 0.175. The molecule has 13 heavy (non-hydrogen) atoms. The molecule has 0 saturated carbocycles. The molecule has 0 heterocycles. The highest BCUT2D eigenvalue weighted by Gasteiger charge is 2.19. The Labute approximate surface area is 81.9 Å². The maximum atomic E-state index is 9.18. The van der Waals surface area contributed by atoms with E-state index in [-0.39, 0.29) is 0 Å². The van der Waals surface area contributed by atoms with Crippen molar-refractivity contribution in [2.45, 2.75) is 45.4 Å². The largest absolute Gasteiger partial charge is 0.396 e.